The van der Waals surface area contributed by atoms with Crippen molar-refractivity contribution in [1.82, 2.24) is 4.90 Å². The van der Waals surface area contributed by atoms with Crippen molar-refractivity contribution in [3.8, 4) is 5.75 Å². The molecule has 0 spiro atoms. The molecule has 176 valence electrons. The lowest BCUT2D eigenvalue weighted by molar-refractivity contribution is -0.118. The predicted octanol–water partition coefficient (Wildman–Crippen LogP) is 4.79. The summed E-state index contributed by atoms with van der Waals surface area (Å²) in [6.07, 6.45) is 0. The maximum Gasteiger partial charge on any atom is 0.262 e. The van der Waals surface area contributed by atoms with Crippen LogP contribution in [0.1, 0.15) is 35.7 Å². The van der Waals surface area contributed by atoms with Crippen LogP contribution in [0.3, 0.4) is 0 Å². The molecule has 0 aromatic heterocycles. The first-order valence-corrected chi connectivity index (χ1v) is 11.7. The Labute approximate surface area is 201 Å². The van der Waals surface area contributed by atoms with E-state index in [-0.39, 0.29) is 18.4 Å². The standard InChI is InChI=1S/C28H31N3O3/c1-21(2)22-8-14-26(15-9-22)34-20-27(32)29-24-10-12-25(13-11-24)30-16-18-31(19-17-30)28(33)23-6-4-3-5-7-23/h3-15,21H,16-20H2,1-2H3,(H,29,32). The van der Waals surface area contributed by atoms with E-state index < -0.39 is 0 Å². The van der Waals surface area contributed by atoms with Gasteiger partial charge in [0.2, 0.25) is 0 Å². The highest BCUT2D eigenvalue weighted by atomic mass is 16.5. The Morgan fingerprint density at radius 2 is 1.50 bits per heavy atom. The first-order valence-electron chi connectivity index (χ1n) is 11.7. The molecule has 1 aliphatic rings. The molecule has 0 bridgehead atoms. The molecule has 6 nitrogen and oxygen atoms in total. The van der Waals surface area contributed by atoms with Gasteiger partial charge in [-0.15, -0.1) is 0 Å². The molecule has 1 heterocycles. The first-order chi connectivity index (χ1) is 16.5. The van der Waals surface area contributed by atoms with Crippen LogP contribution in [0.5, 0.6) is 5.75 Å². The smallest absolute Gasteiger partial charge is 0.262 e. The van der Waals surface area contributed by atoms with E-state index in [1.54, 1.807) is 0 Å². The van der Waals surface area contributed by atoms with Crippen LogP contribution >= 0.6 is 0 Å². The van der Waals surface area contributed by atoms with Gasteiger partial charge in [0.25, 0.3) is 11.8 Å². The maximum atomic E-state index is 12.6. The zero-order valence-electron chi connectivity index (χ0n) is 19.7. The third-order valence-corrected chi connectivity index (χ3v) is 6.02. The summed E-state index contributed by atoms with van der Waals surface area (Å²) in [4.78, 5) is 29.1. The zero-order valence-corrected chi connectivity index (χ0v) is 19.7. The Hall–Kier alpha value is -3.80. The zero-order chi connectivity index (χ0) is 23.9. The highest BCUT2D eigenvalue weighted by Crippen LogP contribution is 2.21. The Morgan fingerprint density at radius 1 is 0.853 bits per heavy atom. The molecule has 34 heavy (non-hydrogen) atoms. The van der Waals surface area contributed by atoms with E-state index in [0.717, 1.165) is 30.0 Å². The molecule has 1 fully saturated rings. The number of ether oxygens (including phenoxy) is 1. The Balaban J connectivity index is 1.24. The van der Waals surface area contributed by atoms with E-state index in [1.165, 1.54) is 5.56 Å². The normalized spacial score (nSPS) is 13.6. The molecular formula is C28H31N3O3. The van der Waals surface area contributed by atoms with Crippen molar-refractivity contribution in [3.63, 3.8) is 0 Å². The van der Waals surface area contributed by atoms with Crippen LogP contribution in [0, 0.1) is 0 Å². The Morgan fingerprint density at radius 3 is 2.12 bits per heavy atom. The molecule has 4 rings (SSSR count). The summed E-state index contributed by atoms with van der Waals surface area (Å²) < 4.78 is 5.60. The van der Waals surface area contributed by atoms with E-state index in [1.807, 2.05) is 83.8 Å². The first kappa shape index (κ1) is 23.4. The fourth-order valence-corrected chi connectivity index (χ4v) is 3.98. The third kappa shape index (κ3) is 5.95. The van der Waals surface area contributed by atoms with E-state index >= 15 is 0 Å². The van der Waals surface area contributed by atoms with Gasteiger partial charge in [0, 0.05) is 43.1 Å². The van der Waals surface area contributed by atoms with Crippen LogP contribution in [-0.2, 0) is 4.79 Å². The molecule has 1 N–H and O–H groups in total. The van der Waals surface area contributed by atoms with Crippen LogP contribution in [0.25, 0.3) is 0 Å². The van der Waals surface area contributed by atoms with E-state index in [2.05, 4.69) is 24.1 Å². The van der Waals surface area contributed by atoms with Crippen LogP contribution < -0.4 is 15.0 Å². The van der Waals surface area contributed by atoms with Crippen LogP contribution in [-0.4, -0.2) is 49.5 Å². The van der Waals surface area contributed by atoms with E-state index in [0.29, 0.717) is 24.8 Å². The molecular weight excluding hydrogens is 426 g/mol. The molecule has 0 unspecified atom stereocenters. The fourth-order valence-electron chi connectivity index (χ4n) is 3.98. The van der Waals surface area contributed by atoms with Crippen LogP contribution in [0.2, 0.25) is 0 Å². The van der Waals surface area contributed by atoms with Gasteiger partial charge in [-0.2, -0.15) is 0 Å². The summed E-state index contributed by atoms with van der Waals surface area (Å²) in [6, 6.07) is 25.0. The lowest BCUT2D eigenvalue weighted by Gasteiger charge is -2.36. The summed E-state index contributed by atoms with van der Waals surface area (Å²) in [6.45, 7) is 7.15. The second-order valence-electron chi connectivity index (χ2n) is 8.75. The van der Waals surface area contributed by atoms with Crippen molar-refractivity contribution in [2.45, 2.75) is 19.8 Å². The minimum absolute atomic E-state index is 0.0415. The number of nitrogens with zero attached hydrogens (tertiary/aromatic N) is 2. The van der Waals surface area contributed by atoms with Gasteiger partial charge >= 0.3 is 0 Å². The predicted molar refractivity (Wildman–Crippen MR) is 136 cm³/mol. The second-order valence-corrected chi connectivity index (χ2v) is 8.75. The van der Waals surface area contributed by atoms with Gasteiger partial charge in [0.05, 0.1) is 0 Å². The lowest BCUT2D eigenvalue weighted by Crippen LogP contribution is -2.48. The molecule has 3 aromatic rings. The Kier molecular flexibility index (Phi) is 7.48. The van der Waals surface area contributed by atoms with Crippen molar-refractivity contribution in [2.75, 3.05) is 43.0 Å². The largest absolute Gasteiger partial charge is 0.484 e. The lowest BCUT2D eigenvalue weighted by atomic mass is 10.0. The number of piperazine rings is 1. The topological polar surface area (TPSA) is 61.9 Å². The minimum atomic E-state index is -0.200. The average Bonchev–Trinajstić information content (AvgIpc) is 2.88. The average molecular weight is 458 g/mol. The number of hydrogen-bond donors (Lipinski definition) is 1. The van der Waals surface area contributed by atoms with Crippen LogP contribution in [0.4, 0.5) is 11.4 Å². The Bertz CT molecular complexity index is 1090. The summed E-state index contributed by atoms with van der Waals surface area (Å²) in [7, 11) is 0. The highest BCUT2D eigenvalue weighted by Gasteiger charge is 2.22. The number of carbonyl (C=O) groups is 2. The van der Waals surface area contributed by atoms with Gasteiger partial charge in [-0.25, -0.2) is 0 Å². The second kappa shape index (κ2) is 10.9. The molecule has 0 saturated carbocycles. The third-order valence-electron chi connectivity index (χ3n) is 6.02. The van der Waals surface area contributed by atoms with Crippen molar-refractivity contribution in [1.29, 1.82) is 0 Å². The number of benzene rings is 3. The number of carbonyl (C=O) groups excluding carboxylic acids is 2. The molecule has 0 atom stereocenters. The number of amides is 2. The SMILES string of the molecule is CC(C)c1ccc(OCC(=O)Nc2ccc(N3CCN(C(=O)c4ccccc4)CC3)cc2)cc1. The quantitative estimate of drug-likeness (QED) is 0.554. The van der Waals surface area contributed by atoms with Crippen molar-refractivity contribution >= 4 is 23.2 Å². The molecule has 6 heteroatoms. The number of anilines is 2. The molecule has 0 radical (unpaired) electrons. The number of hydrogen-bond acceptors (Lipinski definition) is 4. The monoisotopic (exact) mass is 457 g/mol. The van der Waals surface area contributed by atoms with Gasteiger partial charge < -0.3 is 19.9 Å². The maximum absolute atomic E-state index is 12.6. The van der Waals surface area contributed by atoms with Crippen molar-refractivity contribution in [2.24, 2.45) is 0 Å². The van der Waals surface area contributed by atoms with E-state index in [4.69, 9.17) is 4.74 Å². The van der Waals surface area contributed by atoms with Gasteiger partial charge in [0.15, 0.2) is 6.61 Å². The summed E-state index contributed by atoms with van der Waals surface area (Å²) >= 11 is 0. The minimum Gasteiger partial charge on any atom is -0.484 e. The number of rotatable bonds is 7. The molecule has 2 amide bonds. The van der Waals surface area contributed by atoms with Gasteiger partial charge in [-0.1, -0.05) is 44.2 Å². The molecule has 1 aliphatic heterocycles. The van der Waals surface area contributed by atoms with Gasteiger partial charge in [-0.05, 0) is 60.0 Å². The summed E-state index contributed by atoms with van der Waals surface area (Å²) in [5, 5.41) is 2.88. The summed E-state index contributed by atoms with van der Waals surface area (Å²) in [5.41, 5.74) is 3.77. The van der Waals surface area contributed by atoms with Gasteiger partial charge in [0.1, 0.15) is 5.75 Å². The number of nitrogens with one attached hydrogen (secondary N) is 1. The van der Waals surface area contributed by atoms with E-state index in [9.17, 15) is 9.59 Å². The van der Waals surface area contributed by atoms with Gasteiger partial charge in [-0.3, -0.25) is 9.59 Å². The molecule has 3 aromatic carbocycles. The fraction of sp³-hybridized carbons (Fsp3) is 0.286. The molecule has 1 saturated heterocycles. The summed E-state index contributed by atoms with van der Waals surface area (Å²) in [5.74, 6) is 1.02. The molecule has 0 aliphatic carbocycles. The van der Waals surface area contributed by atoms with Crippen molar-refractivity contribution in [3.05, 3.63) is 90.0 Å². The van der Waals surface area contributed by atoms with Crippen LogP contribution in [0.15, 0.2) is 78.9 Å². The van der Waals surface area contributed by atoms with Crippen molar-refractivity contribution < 1.29 is 14.3 Å². The highest BCUT2D eigenvalue weighted by molar-refractivity contribution is 5.94.